The molecule has 0 unspecified atom stereocenters. The van der Waals surface area contributed by atoms with Gasteiger partial charge in [0.25, 0.3) is 0 Å². The molecule has 24 heavy (non-hydrogen) atoms. The monoisotopic (exact) mass is 337 g/mol. The fraction of sp³-hybridized carbons (Fsp3) is 0.889. The van der Waals surface area contributed by atoms with Gasteiger partial charge in [0.05, 0.1) is 6.10 Å². The summed E-state index contributed by atoms with van der Waals surface area (Å²) in [5.74, 6) is 0.517. The smallest absolute Gasteiger partial charge is 0.317 e. The number of carbonyl (C=O) groups is 2. The standard InChI is InChI=1S/C18H31N3O3/c22-16-8-6-15(7-9-16)19-18(24)21-12-10-20(11-13-21)17(23)14-4-2-1-3-5-14/h14-16,22H,1-13H2,(H,19,24). The van der Waals surface area contributed by atoms with Gasteiger partial charge in [-0.25, -0.2) is 4.79 Å². The molecule has 136 valence electrons. The molecule has 1 aliphatic heterocycles. The van der Waals surface area contributed by atoms with Crippen LogP contribution in [0.15, 0.2) is 0 Å². The quantitative estimate of drug-likeness (QED) is 0.806. The van der Waals surface area contributed by atoms with Gasteiger partial charge in [0.15, 0.2) is 0 Å². The van der Waals surface area contributed by atoms with Crippen LogP contribution >= 0.6 is 0 Å². The number of piperazine rings is 1. The van der Waals surface area contributed by atoms with E-state index < -0.39 is 0 Å². The molecule has 0 spiro atoms. The third-order valence-corrected chi connectivity index (χ3v) is 5.86. The molecule has 0 aromatic rings. The maximum Gasteiger partial charge on any atom is 0.317 e. The number of nitrogens with one attached hydrogen (secondary N) is 1. The number of amides is 3. The summed E-state index contributed by atoms with van der Waals surface area (Å²) >= 11 is 0. The fourth-order valence-electron chi connectivity index (χ4n) is 4.22. The normalized spacial score (nSPS) is 29.4. The van der Waals surface area contributed by atoms with Crippen LogP contribution in [0.25, 0.3) is 0 Å². The molecule has 6 heteroatoms. The molecule has 1 saturated heterocycles. The van der Waals surface area contributed by atoms with E-state index in [0.29, 0.717) is 32.1 Å². The number of urea groups is 1. The third-order valence-electron chi connectivity index (χ3n) is 5.86. The summed E-state index contributed by atoms with van der Waals surface area (Å²) in [6, 6.07) is 0.170. The zero-order valence-corrected chi connectivity index (χ0v) is 14.6. The topological polar surface area (TPSA) is 72.9 Å². The lowest BCUT2D eigenvalue weighted by atomic mass is 9.88. The Hall–Kier alpha value is -1.30. The lowest BCUT2D eigenvalue weighted by Crippen LogP contribution is -2.55. The first-order valence-corrected chi connectivity index (χ1v) is 9.66. The van der Waals surface area contributed by atoms with Gasteiger partial charge < -0.3 is 20.2 Å². The molecule has 0 aromatic heterocycles. The molecule has 2 N–H and O–H groups in total. The maximum atomic E-state index is 12.6. The fourth-order valence-corrected chi connectivity index (χ4v) is 4.22. The highest BCUT2D eigenvalue weighted by Crippen LogP contribution is 2.26. The van der Waals surface area contributed by atoms with Gasteiger partial charge in [0.2, 0.25) is 5.91 Å². The third kappa shape index (κ3) is 4.41. The van der Waals surface area contributed by atoms with E-state index in [0.717, 1.165) is 38.5 Å². The van der Waals surface area contributed by atoms with Crippen LogP contribution in [0.3, 0.4) is 0 Å². The Bertz CT molecular complexity index is 435. The van der Waals surface area contributed by atoms with Crippen molar-refractivity contribution in [2.45, 2.75) is 69.9 Å². The minimum absolute atomic E-state index is 0.0128. The number of aliphatic hydroxyl groups excluding tert-OH is 1. The van der Waals surface area contributed by atoms with Gasteiger partial charge in [0, 0.05) is 38.1 Å². The molecule has 3 rings (SSSR count). The summed E-state index contributed by atoms with van der Waals surface area (Å²) in [4.78, 5) is 28.7. The van der Waals surface area contributed by atoms with Crippen molar-refractivity contribution in [3.05, 3.63) is 0 Å². The molecule has 0 bridgehead atoms. The molecule has 2 aliphatic carbocycles. The Balaban J connectivity index is 1.41. The van der Waals surface area contributed by atoms with Crippen LogP contribution in [0.2, 0.25) is 0 Å². The van der Waals surface area contributed by atoms with Crippen molar-refractivity contribution in [3.8, 4) is 0 Å². The first kappa shape index (κ1) is 17.5. The van der Waals surface area contributed by atoms with Crippen LogP contribution in [0.4, 0.5) is 4.79 Å². The van der Waals surface area contributed by atoms with Gasteiger partial charge in [-0.05, 0) is 38.5 Å². The van der Waals surface area contributed by atoms with Crippen molar-refractivity contribution >= 4 is 11.9 Å². The Labute approximate surface area is 144 Å². The van der Waals surface area contributed by atoms with Gasteiger partial charge in [-0.2, -0.15) is 0 Å². The SMILES string of the molecule is O=C(NC1CCC(O)CC1)N1CCN(C(=O)C2CCCCC2)CC1. The molecule has 3 fully saturated rings. The van der Waals surface area contributed by atoms with E-state index in [4.69, 9.17) is 0 Å². The van der Waals surface area contributed by atoms with Crippen molar-refractivity contribution in [1.82, 2.24) is 15.1 Å². The van der Waals surface area contributed by atoms with Crippen molar-refractivity contribution in [3.63, 3.8) is 0 Å². The molecule has 2 saturated carbocycles. The predicted octanol–water partition coefficient (Wildman–Crippen LogP) is 1.72. The summed E-state index contributed by atoms with van der Waals surface area (Å²) in [6.07, 6.45) is 8.73. The van der Waals surface area contributed by atoms with Gasteiger partial charge in [-0.3, -0.25) is 4.79 Å². The summed E-state index contributed by atoms with van der Waals surface area (Å²) in [5, 5.41) is 12.6. The first-order chi connectivity index (χ1) is 11.6. The van der Waals surface area contributed by atoms with Crippen molar-refractivity contribution in [1.29, 1.82) is 0 Å². The average molecular weight is 337 g/mol. The van der Waals surface area contributed by atoms with Crippen LogP contribution in [-0.4, -0.2) is 65.2 Å². The van der Waals surface area contributed by atoms with Crippen LogP contribution < -0.4 is 5.32 Å². The highest BCUT2D eigenvalue weighted by atomic mass is 16.3. The predicted molar refractivity (Wildman–Crippen MR) is 91.5 cm³/mol. The molecular formula is C18H31N3O3. The number of hydrogen-bond donors (Lipinski definition) is 2. The number of aliphatic hydroxyl groups is 1. The zero-order chi connectivity index (χ0) is 16.9. The second-order valence-electron chi connectivity index (χ2n) is 7.60. The minimum Gasteiger partial charge on any atom is -0.393 e. The molecule has 6 nitrogen and oxygen atoms in total. The highest BCUT2D eigenvalue weighted by Gasteiger charge is 2.30. The Morgan fingerprint density at radius 2 is 1.38 bits per heavy atom. The lowest BCUT2D eigenvalue weighted by Gasteiger charge is -2.38. The van der Waals surface area contributed by atoms with E-state index in [1.54, 1.807) is 0 Å². The van der Waals surface area contributed by atoms with E-state index in [1.165, 1.54) is 19.3 Å². The largest absolute Gasteiger partial charge is 0.393 e. The van der Waals surface area contributed by atoms with E-state index in [2.05, 4.69) is 5.32 Å². The Kier molecular flexibility index (Phi) is 5.98. The van der Waals surface area contributed by atoms with E-state index >= 15 is 0 Å². The molecule has 1 heterocycles. The van der Waals surface area contributed by atoms with Gasteiger partial charge in [-0.1, -0.05) is 19.3 Å². The van der Waals surface area contributed by atoms with Crippen LogP contribution in [0.1, 0.15) is 57.8 Å². The van der Waals surface area contributed by atoms with E-state index in [1.807, 2.05) is 9.80 Å². The molecule has 0 aromatic carbocycles. The van der Waals surface area contributed by atoms with Gasteiger partial charge in [-0.15, -0.1) is 0 Å². The van der Waals surface area contributed by atoms with Crippen LogP contribution in [-0.2, 0) is 4.79 Å². The van der Waals surface area contributed by atoms with Crippen LogP contribution in [0.5, 0.6) is 0 Å². The van der Waals surface area contributed by atoms with Crippen LogP contribution in [0, 0.1) is 5.92 Å². The molecular weight excluding hydrogens is 306 g/mol. The molecule has 3 aliphatic rings. The Morgan fingerprint density at radius 1 is 0.792 bits per heavy atom. The van der Waals surface area contributed by atoms with Gasteiger partial charge in [0.1, 0.15) is 0 Å². The highest BCUT2D eigenvalue weighted by molar-refractivity contribution is 5.80. The summed E-state index contributed by atoms with van der Waals surface area (Å²) in [6.45, 7) is 2.57. The lowest BCUT2D eigenvalue weighted by molar-refractivity contribution is -0.138. The Morgan fingerprint density at radius 3 is 2.00 bits per heavy atom. The number of carbonyl (C=O) groups excluding carboxylic acids is 2. The zero-order valence-electron chi connectivity index (χ0n) is 14.6. The van der Waals surface area contributed by atoms with E-state index in [9.17, 15) is 14.7 Å². The first-order valence-electron chi connectivity index (χ1n) is 9.66. The number of nitrogens with zero attached hydrogens (tertiary/aromatic N) is 2. The summed E-state index contributed by atoms with van der Waals surface area (Å²) in [7, 11) is 0. The van der Waals surface area contributed by atoms with Crippen molar-refractivity contribution in [2.24, 2.45) is 5.92 Å². The second kappa shape index (κ2) is 8.19. The van der Waals surface area contributed by atoms with Gasteiger partial charge >= 0.3 is 6.03 Å². The van der Waals surface area contributed by atoms with Crippen molar-refractivity contribution < 1.29 is 14.7 Å². The van der Waals surface area contributed by atoms with E-state index in [-0.39, 0.29) is 24.1 Å². The minimum atomic E-state index is -0.201. The molecule has 3 amide bonds. The number of rotatable bonds is 2. The number of hydrogen-bond acceptors (Lipinski definition) is 3. The molecule has 0 atom stereocenters. The molecule has 0 radical (unpaired) electrons. The summed E-state index contributed by atoms with van der Waals surface area (Å²) in [5.41, 5.74) is 0. The maximum absolute atomic E-state index is 12.6. The second-order valence-corrected chi connectivity index (χ2v) is 7.60. The van der Waals surface area contributed by atoms with Crippen molar-refractivity contribution in [2.75, 3.05) is 26.2 Å². The summed E-state index contributed by atoms with van der Waals surface area (Å²) < 4.78 is 0. The average Bonchev–Trinajstić information content (AvgIpc) is 2.64.